The lowest BCUT2D eigenvalue weighted by molar-refractivity contribution is -0.153. The van der Waals surface area contributed by atoms with Gasteiger partial charge in [-0.1, -0.05) is 6.92 Å². The van der Waals surface area contributed by atoms with E-state index < -0.39 is 48.3 Å². The first kappa shape index (κ1) is 33.0. The molecular weight excluding hydrogens is 622 g/mol. The molecule has 1 amide bonds. The summed E-state index contributed by atoms with van der Waals surface area (Å²) >= 11 is 0. The number of likely N-dealkylation sites (tertiary alicyclic amines) is 1. The Kier molecular flexibility index (Phi) is 9.18. The molecule has 5 rings (SSSR count). The van der Waals surface area contributed by atoms with E-state index in [1.807, 2.05) is 6.92 Å². The van der Waals surface area contributed by atoms with Gasteiger partial charge >= 0.3 is 24.4 Å². The second-order valence-corrected chi connectivity index (χ2v) is 11.5. The molecule has 46 heavy (non-hydrogen) atoms. The van der Waals surface area contributed by atoms with Crippen LogP contribution >= 0.6 is 0 Å². The number of esters is 1. The molecule has 2 atom stereocenters. The summed E-state index contributed by atoms with van der Waals surface area (Å²) in [7, 11) is 3.01. The fourth-order valence-electron chi connectivity index (χ4n) is 5.82. The Balaban J connectivity index is 1.44. The Morgan fingerprint density at radius 1 is 0.957 bits per heavy atom. The van der Waals surface area contributed by atoms with Gasteiger partial charge in [0.25, 0.3) is 0 Å². The van der Waals surface area contributed by atoms with Crippen molar-refractivity contribution in [3.05, 3.63) is 59.7 Å². The SMILES string of the molecule is CC[C@@H]1C[C@H](N(Cc2cc(C(F)(F)F)cc(C(F)(F)F)c2)c2ncc(-c3cnn(C)c3)cn2)CN1C(=O)O[C@H]1C[C@H](C(=O)OC)C1. The second kappa shape index (κ2) is 12.8. The number of carbonyl (C=O) groups excluding carboxylic acids is 2. The van der Waals surface area contributed by atoms with Gasteiger partial charge < -0.3 is 19.3 Å². The Morgan fingerprint density at radius 2 is 1.59 bits per heavy atom. The van der Waals surface area contributed by atoms with Crippen LogP contribution < -0.4 is 4.90 Å². The highest BCUT2D eigenvalue weighted by Gasteiger charge is 2.43. The molecule has 16 heteroatoms. The van der Waals surface area contributed by atoms with Gasteiger partial charge in [-0.05, 0) is 49.4 Å². The van der Waals surface area contributed by atoms with Gasteiger partial charge in [-0.15, -0.1) is 0 Å². The molecule has 0 bridgehead atoms. The third-order valence-electron chi connectivity index (χ3n) is 8.37. The number of hydrogen-bond donors (Lipinski definition) is 0. The molecule has 0 radical (unpaired) electrons. The lowest BCUT2D eigenvalue weighted by Crippen LogP contribution is -2.44. The van der Waals surface area contributed by atoms with Crippen molar-refractivity contribution in [2.75, 3.05) is 18.6 Å². The van der Waals surface area contributed by atoms with Crippen LogP contribution in [-0.4, -0.2) is 68.6 Å². The van der Waals surface area contributed by atoms with Crippen molar-refractivity contribution in [3.63, 3.8) is 0 Å². The highest BCUT2D eigenvalue weighted by molar-refractivity contribution is 5.74. The zero-order valence-electron chi connectivity index (χ0n) is 25.2. The van der Waals surface area contributed by atoms with Crippen LogP contribution in [0.5, 0.6) is 0 Å². The molecule has 2 aliphatic rings. The number of nitrogens with zero attached hydrogens (tertiary/aromatic N) is 6. The van der Waals surface area contributed by atoms with Crippen molar-refractivity contribution < 1.29 is 45.4 Å². The molecule has 1 saturated heterocycles. The van der Waals surface area contributed by atoms with Gasteiger partial charge in [0, 0.05) is 55.9 Å². The molecule has 0 N–H and O–H groups in total. The number of anilines is 1. The first-order valence-corrected chi connectivity index (χ1v) is 14.6. The molecule has 2 aromatic heterocycles. The van der Waals surface area contributed by atoms with Crippen LogP contribution in [0, 0.1) is 5.92 Å². The van der Waals surface area contributed by atoms with Crippen LogP contribution in [0.25, 0.3) is 11.1 Å². The number of carbonyl (C=O) groups is 2. The summed E-state index contributed by atoms with van der Waals surface area (Å²) in [6.45, 7) is 1.52. The molecule has 0 spiro atoms. The van der Waals surface area contributed by atoms with Crippen molar-refractivity contribution in [1.29, 1.82) is 0 Å². The van der Waals surface area contributed by atoms with E-state index in [4.69, 9.17) is 9.47 Å². The van der Waals surface area contributed by atoms with Crippen LogP contribution in [0.3, 0.4) is 0 Å². The van der Waals surface area contributed by atoms with Gasteiger partial charge in [0.2, 0.25) is 5.95 Å². The minimum atomic E-state index is -5.02. The number of halogens is 6. The van der Waals surface area contributed by atoms with Crippen LogP contribution in [0.4, 0.5) is 37.1 Å². The molecule has 1 aliphatic carbocycles. The lowest BCUT2D eigenvalue weighted by atomic mass is 9.82. The van der Waals surface area contributed by atoms with Crippen molar-refractivity contribution in [2.45, 2.75) is 69.7 Å². The predicted octanol–water partition coefficient (Wildman–Crippen LogP) is 5.86. The number of aromatic nitrogens is 4. The van der Waals surface area contributed by atoms with E-state index in [1.54, 1.807) is 24.1 Å². The highest BCUT2D eigenvalue weighted by atomic mass is 19.4. The summed E-state index contributed by atoms with van der Waals surface area (Å²) in [5.41, 5.74) is -1.80. The van der Waals surface area contributed by atoms with Gasteiger partial charge in [0.05, 0.1) is 36.4 Å². The number of aryl methyl sites for hydroxylation is 1. The number of rotatable bonds is 8. The van der Waals surface area contributed by atoms with Crippen molar-refractivity contribution in [1.82, 2.24) is 24.6 Å². The van der Waals surface area contributed by atoms with E-state index in [1.165, 1.54) is 29.3 Å². The quantitative estimate of drug-likeness (QED) is 0.220. The van der Waals surface area contributed by atoms with Crippen LogP contribution in [0.2, 0.25) is 0 Å². The average Bonchev–Trinajstić information content (AvgIpc) is 3.62. The van der Waals surface area contributed by atoms with E-state index in [2.05, 4.69) is 15.1 Å². The summed E-state index contributed by atoms with van der Waals surface area (Å²) in [6.07, 6.45) is -3.31. The maximum Gasteiger partial charge on any atom is 0.416 e. The number of hydrogen-bond acceptors (Lipinski definition) is 8. The summed E-state index contributed by atoms with van der Waals surface area (Å²) in [4.78, 5) is 36.8. The minimum absolute atomic E-state index is 0.0588. The van der Waals surface area contributed by atoms with Crippen LogP contribution in [0.1, 0.15) is 49.3 Å². The Labute approximate surface area is 260 Å². The normalized spacial score (nSPS) is 21.5. The number of amides is 1. The second-order valence-electron chi connectivity index (χ2n) is 11.5. The molecule has 1 saturated carbocycles. The zero-order valence-corrected chi connectivity index (χ0v) is 25.2. The average molecular weight is 655 g/mol. The molecule has 3 aromatic rings. The first-order chi connectivity index (χ1) is 21.7. The maximum atomic E-state index is 13.7. The lowest BCUT2D eigenvalue weighted by Gasteiger charge is -2.34. The molecule has 10 nitrogen and oxygen atoms in total. The molecule has 2 fully saturated rings. The minimum Gasteiger partial charge on any atom is -0.469 e. The van der Waals surface area contributed by atoms with E-state index in [-0.39, 0.29) is 42.1 Å². The molecule has 3 heterocycles. The maximum absolute atomic E-state index is 13.7. The first-order valence-electron chi connectivity index (χ1n) is 14.6. The van der Waals surface area contributed by atoms with E-state index in [9.17, 15) is 35.9 Å². The van der Waals surface area contributed by atoms with Gasteiger partial charge in [-0.2, -0.15) is 31.4 Å². The number of benzene rings is 1. The Bertz CT molecular complexity index is 1520. The van der Waals surface area contributed by atoms with Gasteiger partial charge in [-0.25, -0.2) is 14.8 Å². The molecule has 0 unspecified atom stereocenters. The predicted molar refractivity (Wildman–Crippen MR) is 151 cm³/mol. The monoisotopic (exact) mass is 654 g/mol. The van der Waals surface area contributed by atoms with Crippen molar-refractivity contribution in [2.24, 2.45) is 13.0 Å². The Morgan fingerprint density at radius 3 is 2.11 bits per heavy atom. The standard InChI is InChI=1S/C30H32F6N6O4/c1-4-23-10-24(16-42(23)28(44)46-25-7-18(8-25)26(43)45-3)41(27-37-11-19(12-38-27)20-13-39-40(2)15-20)14-17-5-21(29(31,32)33)9-22(6-17)30(34,35)36/h5-6,9,11-13,15,18,23-25H,4,7-8,10,14,16H2,1-3H3/t18-,23-,24+,25-/m1/s1. The molecular formula is C30H32F6N6O4. The smallest absolute Gasteiger partial charge is 0.416 e. The largest absolute Gasteiger partial charge is 0.469 e. The van der Waals surface area contributed by atoms with Crippen LogP contribution in [0.15, 0.2) is 43.0 Å². The molecule has 248 valence electrons. The summed E-state index contributed by atoms with van der Waals surface area (Å²) in [6, 6.07) is 0.532. The van der Waals surface area contributed by atoms with Gasteiger partial charge in [0.15, 0.2) is 0 Å². The van der Waals surface area contributed by atoms with Crippen molar-refractivity contribution >= 4 is 18.0 Å². The summed E-state index contributed by atoms with van der Waals surface area (Å²) < 4.78 is 94.0. The molecule has 1 aromatic carbocycles. The topological polar surface area (TPSA) is 103 Å². The number of methoxy groups -OCH3 is 1. The number of alkyl halides is 6. The van der Waals surface area contributed by atoms with Crippen LogP contribution in [-0.2, 0) is 40.2 Å². The Hall–Kier alpha value is -4.37. The molecule has 1 aliphatic heterocycles. The summed E-state index contributed by atoms with van der Waals surface area (Å²) in [5.74, 6) is -0.672. The fourth-order valence-corrected chi connectivity index (χ4v) is 5.82. The highest BCUT2D eigenvalue weighted by Crippen LogP contribution is 2.38. The van der Waals surface area contributed by atoms with E-state index in [0.717, 1.165) is 0 Å². The summed E-state index contributed by atoms with van der Waals surface area (Å²) in [5, 5.41) is 4.11. The van der Waals surface area contributed by atoms with Gasteiger partial charge in [0.1, 0.15) is 6.10 Å². The fraction of sp³-hybridized carbons (Fsp3) is 0.500. The third kappa shape index (κ3) is 7.20. The third-order valence-corrected chi connectivity index (χ3v) is 8.37. The number of ether oxygens (including phenoxy) is 2. The van der Waals surface area contributed by atoms with Crippen molar-refractivity contribution in [3.8, 4) is 11.1 Å². The van der Waals surface area contributed by atoms with Gasteiger partial charge in [-0.3, -0.25) is 9.48 Å². The van der Waals surface area contributed by atoms with E-state index in [0.29, 0.717) is 48.9 Å². The van der Waals surface area contributed by atoms with E-state index >= 15 is 0 Å². The zero-order chi connectivity index (χ0) is 33.4.